The van der Waals surface area contributed by atoms with Gasteiger partial charge in [-0.2, -0.15) is 5.10 Å². The summed E-state index contributed by atoms with van der Waals surface area (Å²) < 4.78 is 1.30. The van der Waals surface area contributed by atoms with E-state index in [1.807, 2.05) is 25.1 Å². The van der Waals surface area contributed by atoms with E-state index in [1.165, 1.54) is 28.7 Å². The molecule has 1 aliphatic rings. The molecule has 1 amide bonds. The molecule has 1 aromatic heterocycles. The minimum atomic E-state index is -0.151. The summed E-state index contributed by atoms with van der Waals surface area (Å²) in [4.78, 5) is 24.9. The molecule has 5 heteroatoms. The first-order chi connectivity index (χ1) is 13.5. The maximum atomic E-state index is 12.7. The molecule has 0 saturated carbocycles. The Kier molecular flexibility index (Phi) is 4.99. The van der Waals surface area contributed by atoms with Gasteiger partial charge < -0.3 is 5.32 Å². The highest BCUT2D eigenvalue weighted by molar-refractivity contribution is 5.88. The molecule has 0 spiro atoms. The molecule has 1 N–H and O–H groups in total. The summed E-state index contributed by atoms with van der Waals surface area (Å²) in [6, 6.07) is 13.8. The van der Waals surface area contributed by atoms with Gasteiger partial charge in [-0.25, -0.2) is 4.68 Å². The second-order valence-corrected chi connectivity index (χ2v) is 7.62. The molecule has 0 bridgehead atoms. The SMILES string of the molecule is CC(NC(=O)Cc1nn(C)c(=O)c2ccccc12)c1ccc2c(c1)CCCC2. The van der Waals surface area contributed by atoms with Crippen LogP contribution in [0.2, 0.25) is 0 Å². The summed E-state index contributed by atoms with van der Waals surface area (Å²) in [6.07, 6.45) is 4.92. The molecule has 0 aliphatic heterocycles. The van der Waals surface area contributed by atoms with Crippen LogP contribution in [0.25, 0.3) is 10.8 Å². The van der Waals surface area contributed by atoms with Crippen molar-refractivity contribution in [2.45, 2.75) is 45.1 Å². The van der Waals surface area contributed by atoms with E-state index in [-0.39, 0.29) is 23.9 Å². The van der Waals surface area contributed by atoms with E-state index >= 15 is 0 Å². The molecule has 28 heavy (non-hydrogen) atoms. The number of nitrogens with zero attached hydrogens (tertiary/aromatic N) is 2. The van der Waals surface area contributed by atoms with Crippen LogP contribution in [-0.4, -0.2) is 15.7 Å². The summed E-state index contributed by atoms with van der Waals surface area (Å²) in [7, 11) is 1.62. The zero-order chi connectivity index (χ0) is 19.7. The highest BCUT2D eigenvalue weighted by atomic mass is 16.1. The van der Waals surface area contributed by atoms with Crippen LogP contribution in [0.4, 0.5) is 0 Å². The van der Waals surface area contributed by atoms with E-state index in [1.54, 1.807) is 13.1 Å². The lowest BCUT2D eigenvalue weighted by molar-refractivity contribution is -0.121. The molecule has 1 aliphatic carbocycles. The van der Waals surface area contributed by atoms with Crippen LogP contribution in [0.5, 0.6) is 0 Å². The standard InChI is InChI=1S/C23H25N3O2/c1-15(17-12-11-16-7-3-4-8-18(16)13-17)24-22(27)14-21-19-9-5-6-10-20(19)23(28)26(2)25-21/h5-6,9-13,15H,3-4,7-8,14H2,1-2H3,(H,24,27). The zero-order valence-electron chi connectivity index (χ0n) is 16.4. The number of hydrogen-bond donors (Lipinski definition) is 1. The van der Waals surface area contributed by atoms with Gasteiger partial charge in [0.15, 0.2) is 0 Å². The van der Waals surface area contributed by atoms with E-state index in [0.29, 0.717) is 11.1 Å². The van der Waals surface area contributed by atoms with Crippen LogP contribution in [0, 0.1) is 0 Å². The zero-order valence-corrected chi connectivity index (χ0v) is 16.4. The van der Waals surface area contributed by atoms with Gasteiger partial charge in [0.1, 0.15) is 0 Å². The first-order valence-corrected chi connectivity index (χ1v) is 9.89. The van der Waals surface area contributed by atoms with Crippen molar-refractivity contribution in [2.75, 3.05) is 0 Å². The quantitative estimate of drug-likeness (QED) is 0.761. The van der Waals surface area contributed by atoms with Crippen LogP contribution in [0.3, 0.4) is 0 Å². The van der Waals surface area contributed by atoms with Crippen molar-refractivity contribution in [3.05, 3.63) is 75.2 Å². The highest BCUT2D eigenvalue weighted by Gasteiger charge is 2.16. The Morgan fingerprint density at radius 3 is 2.61 bits per heavy atom. The van der Waals surface area contributed by atoms with Gasteiger partial charge in [-0.05, 0) is 55.4 Å². The Hall–Kier alpha value is -2.95. The molecule has 0 radical (unpaired) electrons. The molecule has 3 aromatic rings. The van der Waals surface area contributed by atoms with E-state index in [9.17, 15) is 9.59 Å². The number of hydrogen-bond acceptors (Lipinski definition) is 3. The van der Waals surface area contributed by atoms with E-state index in [0.717, 1.165) is 23.8 Å². The van der Waals surface area contributed by atoms with Gasteiger partial charge in [0.25, 0.3) is 5.56 Å². The normalized spacial score (nSPS) is 14.5. The fraction of sp³-hybridized carbons (Fsp3) is 0.348. The maximum Gasteiger partial charge on any atom is 0.274 e. The summed E-state index contributed by atoms with van der Waals surface area (Å²) in [5.41, 5.74) is 4.45. The molecule has 1 unspecified atom stereocenters. The van der Waals surface area contributed by atoms with Crippen molar-refractivity contribution in [3.8, 4) is 0 Å². The van der Waals surface area contributed by atoms with E-state index in [2.05, 4.69) is 28.6 Å². The third-order valence-corrected chi connectivity index (χ3v) is 5.61. The fourth-order valence-corrected chi connectivity index (χ4v) is 4.06. The average molecular weight is 375 g/mol. The van der Waals surface area contributed by atoms with Crippen molar-refractivity contribution in [3.63, 3.8) is 0 Å². The minimum Gasteiger partial charge on any atom is -0.349 e. The summed E-state index contributed by atoms with van der Waals surface area (Å²) >= 11 is 0. The predicted molar refractivity (Wildman–Crippen MR) is 110 cm³/mol. The van der Waals surface area contributed by atoms with Crippen LogP contribution in [-0.2, 0) is 31.1 Å². The number of carbonyl (C=O) groups excluding carboxylic acids is 1. The summed E-state index contributed by atoms with van der Waals surface area (Å²) in [5, 5.41) is 8.73. The number of rotatable bonds is 4. The summed E-state index contributed by atoms with van der Waals surface area (Å²) in [6.45, 7) is 2.01. The lowest BCUT2D eigenvalue weighted by atomic mass is 9.89. The van der Waals surface area contributed by atoms with Crippen molar-refractivity contribution in [1.82, 2.24) is 15.1 Å². The molecule has 0 fully saturated rings. The molecule has 4 rings (SSSR count). The average Bonchev–Trinajstić information content (AvgIpc) is 2.71. The largest absolute Gasteiger partial charge is 0.349 e. The lowest BCUT2D eigenvalue weighted by Crippen LogP contribution is -2.30. The monoisotopic (exact) mass is 375 g/mol. The van der Waals surface area contributed by atoms with Crippen molar-refractivity contribution >= 4 is 16.7 Å². The number of fused-ring (bicyclic) bond motifs is 2. The number of aryl methyl sites for hydroxylation is 3. The first kappa shape index (κ1) is 18.4. The number of nitrogens with one attached hydrogen (secondary N) is 1. The van der Waals surface area contributed by atoms with Gasteiger partial charge in [0, 0.05) is 12.4 Å². The Morgan fingerprint density at radius 2 is 1.82 bits per heavy atom. The van der Waals surface area contributed by atoms with Gasteiger partial charge in [-0.15, -0.1) is 0 Å². The van der Waals surface area contributed by atoms with Gasteiger partial charge in [0.05, 0.1) is 23.5 Å². The molecular formula is C23H25N3O2. The van der Waals surface area contributed by atoms with Gasteiger partial charge in [-0.3, -0.25) is 9.59 Å². The van der Waals surface area contributed by atoms with Crippen LogP contribution in [0.15, 0.2) is 47.3 Å². The maximum absolute atomic E-state index is 12.7. The van der Waals surface area contributed by atoms with Gasteiger partial charge in [-0.1, -0.05) is 36.4 Å². The molecular weight excluding hydrogens is 350 g/mol. The van der Waals surface area contributed by atoms with E-state index in [4.69, 9.17) is 0 Å². The van der Waals surface area contributed by atoms with Crippen molar-refractivity contribution in [2.24, 2.45) is 7.05 Å². The van der Waals surface area contributed by atoms with Crippen molar-refractivity contribution < 1.29 is 4.79 Å². The van der Waals surface area contributed by atoms with Crippen LogP contribution < -0.4 is 10.9 Å². The molecule has 5 nitrogen and oxygen atoms in total. The number of aromatic nitrogens is 2. The third-order valence-electron chi connectivity index (χ3n) is 5.61. The second-order valence-electron chi connectivity index (χ2n) is 7.62. The van der Waals surface area contributed by atoms with Crippen LogP contribution >= 0.6 is 0 Å². The molecule has 1 heterocycles. The third kappa shape index (κ3) is 3.57. The van der Waals surface area contributed by atoms with Crippen LogP contribution in [0.1, 0.15) is 48.2 Å². The Morgan fingerprint density at radius 1 is 1.11 bits per heavy atom. The smallest absolute Gasteiger partial charge is 0.274 e. The van der Waals surface area contributed by atoms with Gasteiger partial charge in [0.2, 0.25) is 5.91 Å². The Balaban J connectivity index is 1.53. The second kappa shape index (κ2) is 7.58. The highest BCUT2D eigenvalue weighted by Crippen LogP contribution is 2.25. The number of benzene rings is 2. The van der Waals surface area contributed by atoms with Gasteiger partial charge >= 0.3 is 0 Å². The molecule has 0 saturated heterocycles. The Labute approximate surface area is 164 Å². The Bertz CT molecular complexity index is 1100. The first-order valence-electron chi connectivity index (χ1n) is 9.89. The number of carbonyl (C=O) groups is 1. The summed E-state index contributed by atoms with van der Waals surface area (Å²) in [5.74, 6) is -0.0958. The number of amides is 1. The van der Waals surface area contributed by atoms with E-state index < -0.39 is 0 Å². The predicted octanol–water partition coefficient (Wildman–Crippen LogP) is 3.23. The molecule has 2 aromatic carbocycles. The minimum absolute atomic E-state index is 0.0708. The molecule has 1 atom stereocenters. The fourth-order valence-electron chi connectivity index (χ4n) is 4.06. The lowest BCUT2D eigenvalue weighted by Gasteiger charge is -2.20. The topological polar surface area (TPSA) is 64.0 Å². The van der Waals surface area contributed by atoms with Crippen molar-refractivity contribution in [1.29, 1.82) is 0 Å². The molecule has 144 valence electrons.